The molecule has 0 fully saturated rings. The van der Waals surface area contributed by atoms with Gasteiger partial charge in [-0.15, -0.1) is 0 Å². The molecular formula is C17H18Br2N2O4S. The van der Waals surface area contributed by atoms with Gasteiger partial charge in [0, 0.05) is 21.1 Å². The Bertz CT molecular complexity index is 883. The van der Waals surface area contributed by atoms with Gasteiger partial charge >= 0.3 is 0 Å². The Morgan fingerprint density at radius 2 is 1.73 bits per heavy atom. The summed E-state index contributed by atoms with van der Waals surface area (Å²) in [5.74, 6) is 0. The molecule has 0 aromatic heterocycles. The maximum absolute atomic E-state index is 12.6. The number of para-hydroxylation sites is 1. The minimum absolute atomic E-state index is 0.314. The second-order valence-electron chi connectivity index (χ2n) is 5.69. The molecule has 0 radical (unpaired) electrons. The van der Waals surface area contributed by atoms with Crippen LogP contribution in [-0.4, -0.2) is 19.4 Å². The fourth-order valence-corrected chi connectivity index (χ4v) is 5.48. The summed E-state index contributed by atoms with van der Waals surface area (Å²) in [5, 5.41) is 11.1. The molecular weight excluding hydrogens is 488 g/mol. The minimum atomic E-state index is -3.99. The first-order valence-electron chi connectivity index (χ1n) is 7.95. The largest absolute Gasteiger partial charge is 0.289 e. The Labute approximate surface area is 169 Å². The molecule has 26 heavy (non-hydrogen) atoms. The van der Waals surface area contributed by atoms with Crippen molar-refractivity contribution in [3.05, 3.63) is 67.1 Å². The lowest BCUT2D eigenvalue weighted by Gasteiger charge is -2.18. The highest BCUT2D eigenvalue weighted by Gasteiger charge is 2.27. The molecule has 0 spiro atoms. The lowest BCUT2D eigenvalue weighted by Crippen LogP contribution is -2.35. The predicted octanol–water partition coefficient (Wildman–Crippen LogP) is 4.81. The van der Waals surface area contributed by atoms with Gasteiger partial charge in [-0.25, -0.2) is 13.1 Å². The Balaban J connectivity index is 2.18. The van der Waals surface area contributed by atoms with Crippen LogP contribution in [-0.2, 0) is 16.4 Å². The molecule has 0 amide bonds. The summed E-state index contributed by atoms with van der Waals surface area (Å²) in [6, 6.07) is 10.8. The third-order valence-electron chi connectivity index (χ3n) is 3.97. The van der Waals surface area contributed by atoms with Gasteiger partial charge in [-0.3, -0.25) is 10.1 Å². The van der Waals surface area contributed by atoms with Crippen LogP contribution in [0.25, 0.3) is 0 Å². The lowest BCUT2D eigenvalue weighted by atomic mass is 10.0. The molecule has 0 bridgehead atoms. The van der Waals surface area contributed by atoms with Crippen molar-refractivity contribution in [2.45, 2.75) is 37.1 Å². The normalized spacial score (nSPS) is 12.7. The zero-order chi connectivity index (χ0) is 19.3. The number of halogens is 2. The summed E-state index contributed by atoms with van der Waals surface area (Å²) >= 11 is 7.00. The first-order valence-corrected chi connectivity index (χ1v) is 11.0. The first kappa shape index (κ1) is 21.0. The number of hydrogen-bond acceptors (Lipinski definition) is 4. The van der Waals surface area contributed by atoms with Gasteiger partial charge in [-0.05, 0) is 43.0 Å². The zero-order valence-corrected chi connectivity index (χ0v) is 18.0. The number of hydrogen-bond donors (Lipinski definition) is 1. The van der Waals surface area contributed by atoms with Crippen molar-refractivity contribution in [2.75, 3.05) is 0 Å². The zero-order valence-electron chi connectivity index (χ0n) is 14.0. The standard InChI is InChI=1S/C17H18Br2N2O4S/c1-2-12(10-11-13-14(18)6-5-7-15(13)19)20-26(24,25)17-9-4-3-8-16(17)21(22)23/h3-9,12,20H,2,10-11H2,1H3. The van der Waals surface area contributed by atoms with Crippen LogP contribution in [0, 0.1) is 10.1 Å². The number of nitro groups is 1. The van der Waals surface area contributed by atoms with Gasteiger partial charge in [0.1, 0.15) is 0 Å². The van der Waals surface area contributed by atoms with E-state index >= 15 is 0 Å². The van der Waals surface area contributed by atoms with Crippen molar-refractivity contribution in [1.29, 1.82) is 0 Å². The third kappa shape index (κ3) is 5.12. The molecule has 0 aliphatic rings. The fourth-order valence-electron chi connectivity index (χ4n) is 2.55. The summed E-state index contributed by atoms with van der Waals surface area (Å²) in [7, 11) is -3.99. The predicted molar refractivity (Wildman–Crippen MR) is 108 cm³/mol. The summed E-state index contributed by atoms with van der Waals surface area (Å²) in [5.41, 5.74) is 0.624. The van der Waals surface area contributed by atoms with E-state index in [1.54, 1.807) is 0 Å². The van der Waals surface area contributed by atoms with Crippen molar-refractivity contribution in [2.24, 2.45) is 0 Å². The molecule has 2 aromatic carbocycles. The van der Waals surface area contributed by atoms with E-state index in [2.05, 4.69) is 36.6 Å². The van der Waals surface area contributed by atoms with Crippen LogP contribution < -0.4 is 4.72 Å². The van der Waals surface area contributed by atoms with Crippen LogP contribution in [0.3, 0.4) is 0 Å². The summed E-state index contributed by atoms with van der Waals surface area (Å²) in [6.07, 6.45) is 1.79. The van der Waals surface area contributed by atoms with E-state index in [4.69, 9.17) is 0 Å². The minimum Gasteiger partial charge on any atom is -0.258 e. The van der Waals surface area contributed by atoms with Gasteiger partial charge in [0.05, 0.1) is 4.92 Å². The SMILES string of the molecule is CCC(CCc1c(Br)cccc1Br)NS(=O)(=O)c1ccccc1[N+](=O)[O-]. The molecule has 0 aliphatic heterocycles. The van der Waals surface area contributed by atoms with Gasteiger partial charge in [-0.2, -0.15) is 0 Å². The molecule has 0 saturated carbocycles. The topological polar surface area (TPSA) is 89.3 Å². The Morgan fingerprint density at radius 1 is 1.12 bits per heavy atom. The second-order valence-corrected chi connectivity index (χ2v) is 9.08. The van der Waals surface area contributed by atoms with Gasteiger partial charge in [-0.1, -0.05) is 57.0 Å². The van der Waals surface area contributed by atoms with Crippen LogP contribution in [0.2, 0.25) is 0 Å². The first-order chi connectivity index (χ1) is 12.3. The monoisotopic (exact) mass is 504 g/mol. The van der Waals surface area contributed by atoms with Crippen molar-refractivity contribution >= 4 is 47.6 Å². The quantitative estimate of drug-likeness (QED) is 0.411. The number of nitrogens with zero attached hydrogens (tertiary/aromatic N) is 1. The summed E-state index contributed by atoms with van der Waals surface area (Å²) in [4.78, 5) is 10.1. The molecule has 9 heteroatoms. The highest BCUT2D eigenvalue weighted by Crippen LogP contribution is 2.28. The summed E-state index contributed by atoms with van der Waals surface area (Å²) in [6.45, 7) is 1.88. The molecule has 1 N–H and O–H groups in total. The van der Waals surface area contributed by atoms with Crippen LogP contribution >= 0.6 is 31.9 Å². The van der Waals surface area contributed by atoms with Crippen molar-refractivity contribution in [1.82, 2.24) is 4.72 Å². The van der Waals surface area contributed by atoms with Crippen molar-refractivity contribution in [3.8, 4) is 0 Å². The van der Waals surface area contributed by atoms with Gasteiger partial charge in [0.2, 0.25) is 10.0 Å². The van der Waals surface area contributed by atoms with E-state index in [1.807, 2.05) is 25.1 Å². The van der Waals surface area contributed by atoms with E-state index in [-0.39, 0.29) is 10.9 Å². The van der Waals surface area contributed by atoms with E-state index in [9.17, 15) is 18.5 Å². The maximum atomic E-state index is 12.6. The van der Waals surface area contributed by atoms with Crippen LogP contribution in [0.15, 0.2) is 56.3 Å². The smallest absolute Gasteiger partial charge is 0.258 e. The van der Waals surface area contributed by atoms with E-state index in [0.717, 1.165) is 14.5 Å². The number of sulfonamides is 1. The number of rotatable bonds is 8. The van der Waals surface area contributed by atoms with E-state index in [1.165, 1.54) is 24.3 Å². The molecule has 1 unspecified atom stereocenters. The molecule has 0 aliphatic carbocycles. The van der Waals surface area contributed by atoms with E-state index in [0.29, 0.717) is 19.3 Å². The Kier molecular flexibility index (Phi) is 7.33. The number of benzene rings is 2. The third-order valence-corrected chi connectivity index (χ3v) is 7.02. The van der Waals surface area contributed by atoms with Gasteiger partial charge in [0.15, 0.2) is 4.90 Å². The highest BCUT2D eigenvalue weighted by molar-refractivity contribution is 9.11. The maximum Gasteiger partial charge on any atom is 0.289 e. The Morgan fingerprint density at radius 3 is 2.31 bits per heavy atom. The highest BCUT2D eigenvalue weighted by atomic mass is 79.9. The molecule has 2 aromatic rings. The molecule has 0 heterocycles. The molecule has 2 rings (SSSR count). The number of nitrogens with one attached hydrogen (secondary N) is 1. The molecule has 1 atom stereocenters. The van der Waals surface area contributed by atoms with Crippen LogP contribution in [0.4, 0.5) is 5.69 Å². The Hall–Kier alpha value is -1.29. The van der Waals surface area contributed by atoms with Crippen LogP contribution in [0.1, 0.15) is 25.3 Å². The average Bonchev–Trinajstić information content (AvgIpc) is 2.60. The summed E-state index contributed by atoms with van der Waals surface area (Å²) < 4.78 is 29.8. The van der Waals surface area contributed by atoms with Gasteiger partial charge < -0.3 is 0 Å². The number of nitro benzene ring substituents is 1. The van der Waals surface area contributed by atoms with Crippen LogP contribution in [0.5, 0.6) is 0 Å². The molecule has 0 saturated heterocycles. The van der Waals surface area contributed by atoms with Crippen molar-refractivity contribution < 1.29 is 13.3 Å². The average molecular weight is 506 g/mol. The molecule has 140 valence electrons. The lowest BCUT2D eigenvalue weighted by molar-refractivity contribution is -0.387. The fraction of sp³-hybridized carbons (Fsp3) is 0.294. The van der Waals surface area contributed by atoms with Gasteiger partial charge in [0.25, 0.3) is 5.69 Å². The van der Waals surface area contributed by atoms with Crippen molar-refractivity contribution in [3.63, 3.8) is 0 Å². The molecule has 6 nitrogen and oxygen atoms in total. The second kappa shape index (κ2) is 9.07. The van der Waals surface area contributed by atoms with E-state index < -0.39 is 20.6 Å².